The number of carboxylic acid groups (broad SMARTS) is 1. The van der Waals surface area contributed by atoms with Crippen molar-refractivity contribution in [1.29, 1.82) is 0 Å². The Hall–Kier alpha value is -2.48. The molecule has 2 N–H and O–H groups in total. The van der Waals surface area contributed by atoms with Gasteiger partial charge in [-0.1, -0.05) is 12.1 Å². The van der Waals surface area contributed by atoms with Crippen molar-refractivity contribution in [3.63, 3.8) is 0 Å². The van der Waals surface area contributed by atoms with Gasteiger partial charge in [-0.25, -0.2) is 0 Å². The fraction of sp³-hybridized carbons (Fsp3) is 0.385. The summed E-state index contributed by atoms with van der Waals surface area (Å²) in [5.74, 6) is -1.28. The number of aliphatic carboxylic acids is 1. The van der Waals surface area contributed by atoms with Crippen LogP contribution in [0.1, 0.15) is 11.1 Å². The van der Waals surface area contributed by atoms with Crippen molar-refractivity contribution in [3.8, 4) is 0 Å². The molecule has 1 aliphatic rings. The van der Waals surface area contributed by atoms with Gasteiger partial charge in [-0.05, 0) is 12.5 Å². The number of rotatable bonds is 4. The molecule has 112 valence electrons. The molecule has 0 spiro atoms. The van der Waals surface area contributed by atoms with Crippen LogP contribution in [-0.2, 0) is 16.1 Å². The summed E-state index contributed by atoms with van der Waals surface area (Å²) in [6.45, 7) is 1.78. The van der Waals surface area contributed by atoms with Gasteiger partial charge < -0.3 is 10.4 Å². The van der Waals surface area contributed by atoms with Crippen molar-refractivity contribution in [2.75, 3.05) is 13.1 Å². The Kier molecular flexibility index (Phi) is 4.18. The van der Waals surface area contributed by atoms with E-state index < -0.39 is 16.9 Å². The van der Waals surface area contributed by atoms with Gasteiger partial charge in [-0.3, -0.25) is 24.6 Å². The minimum Gasteiger partial charge on any atom is -0.480 e. The highest BCUT2D eigenvalue weighted by Crippen LogP contribution is 2.23. The predicted molar refractivity (Wildman–Crippen MR) is 72.7 cm³/mol. The lowest BCUT2D eigenvalue weighted by molar-refractivity contribution is -0.385. The molecule has 1 atom stereocenters. The topological polar surface area (TPSA) is 113 Å². The van der Waals surface area contributed by atoms with E-state index in [1.54, 1.807) is 19.1 Å². The second kappa shape index (κ2) is 5.88. The van der Waals surface area contributed by atoms with Gasteiger partial charge in [-0.2, -0.15) is 0 Å². The minimum atomic E-state index is -1.03. The van der Waals surface area contributed by atoms with Crippen molar-refractivity contribution in [2.24, 2.45) is 0 Å². The molecule has 1 heterocycles. The molecule has 0 aliphatic carbocycles. The van der Waals surface area contributed by atoms with Gasteiger partial charge in [0.05, 0.1) is 11.5 Å². The van der Waals surface area contributed by atoms with E-state index in [4.69, 9.17) is 0 Å². The summed E-state index contributed by atoms with van der Waals surface area (Å²) in [6.07, 6.45) is 0. The maximum atomic E-state index is 11.4. The van der Waals surface area contributed by atoms with Crippen LogP contribution in [0.5, 0.6) is 0 Å². The molecule has 0 aromatic heterocycles. The number of carboxylic acids is 1. The van der Waals surface area contributed by atoms with E-state index in [0.717, 1.165) is 0 Å². The lowest BCUT2D eigenvalue weighted by Gasteiger charge is -2.32. The number of hydrogen-bond acceptors (Lipinski definition) is 5. The zero-order chi connectivity index (χ0) is 15.6. The number of amides is 1. The molecular weight excluding hydrogens is 278 g/mol. The SMILES string of the molecule is Cc1c(CN2CC(=O)NCC2C(=O)O)cccc1[N+](=O)[O-]. The third-order valence-electron chi connectivity index (χ3n) is 3.55. The maximum Gasteiger partial charge on any atom is 0.322 e. The fourth-order valence-electron chi connectivity index (χ4n) is 2.36. The third-order valence-corrected chi connectivity index (χ3v) is 3.55. The smallest absolute Gasteiger partial charge is 0.322 e. The number of nitro benzene ring substituents is 1. The Bertz CT molecular complexity index is 601. The van der Waals surface area contributed by atoms with Crippen LogP contribution in [0.15, 0.2) is 18.2 Å². The quantitative estimate of drug-likeness (QED) is 0.609. The summed E-state index contributed by atoms with van der Waals surface area (Å²) in [6, 6.07) is 3.83. The van der Waals surface area contributed by atoms with Crippen LogP contribution in [0.25, 0.3) is 0 Å². The van der Waals surface area contributed by atoms with Gasteiger partial charge in [-0.15, -0.1) is 0 Å². The molecule has 0 saturated carbocycles. The molecule has 1 saturated heterocycles. The highest BCUT2D eigenvalue weighted by molar-refractivity contribution is 5.83. The van der Waals surface area contributed by atoms with Crippen molar-refractivity contribution < 1.29 is 19.6 Å². The Labute approximate surface area is 120 Å². The van der Waals surface area contributed by atoms with E-state index in [2.05, 4.69) is 5.32 Å². The minimum absolute atomic E-state index is 0.0131. The molecule has 1 aromatic rings. The largest absolute Gasteiger partial charge is 0.480 e. The van der Waals surface area contributed by atoms with Crippen molar-refractivity contribution >= 4 is 17.6 Å². The van der Waals surface area contributed by atoms with E-state index >= 15 is 0 Å². The molecule has 2 rings (SSSR count). The van der Waals surface area contributed by atoms with Crippen LogP contribution in [0, 0.1) is 17.0 Å². The monoisotopic (exact) mass is 293 g/mol. The zero-order valence-electron chi connectivity index (χ0n) is 11.4. The van der Waals surface area contributed by atoms with Crippen molar-refractivity contribution in [3.05, 3.63) is 39.4 Å². The second-order valence-corrected chi connectivity index (χ2v) is 4.88. The normalized spacial score (nSPS) is 19.1. The average Bonchev–Trinajstić information content (AvgIpc) is 2.40. The van der Waals surface area contributed by atoms with Crippen molar-refractivity contribution in [1.82, 2.24) is 10.2 Å². The summed E-state index contributed by atoms with van der Waals surface area (Å²) >= 11 is 0. The summed E-state index contributed by atoms with van der Waals surface area (Å²) in [4.78, 5) is 34.6. The number of benzene rings is 1. The van der Waals surface area contributed by atoms with Crippen LogP contribution >= 0.6 is 0 Å². The molecule has 0 bridgehead atoms. The van der Waals surface area contributed by atoms with E-state index in [-0.39, 0.29) is 31.2 Å². The summed E-state index contributed by atoms with van der Waals surface area (Å²) < 4.78 is 0. The highest BCUT2D eigenvalue weighted by Gasteiger charge is 2.32. The summed E-state index contributed by atoms with van der Waals surface area (Å²) in [5.41, 5.74) is 1.11. The van der Waals surface area contributed by atoms with Crippen LogP contribution < -0.4 is 5.32 Å². The number of piperazine rings is 1. The molecular formula is C13H15N3O5. The second-order valence-electron chi connectivity index (χ2n) is 4.88. The van der Waals surface area contributed by atoms with E-state index in [1.807, 2.05) is 0 Å². The molecule has 0 radical (unpaired) electrons. The van der Waals surface area contributed by atoms with Gasteiger partial charge in [0.2, 0.25) is 5.91 Å². The number of nitro groups is 1. The first kappa shape index (κ1) is 14.9. The Morgan fingerprint density at radius 1 is 1.57 bits per heavy atom. The molecule has 1 unspecified atom stereocenters. The van der Waals surface area contributed by atoms with Gasteiger partial charge in [0.25, 0.3) is 5.69 Å². The Morgan fingerprint density at radius 3 is 2.90 bits per heavy atom. The number of carbonyl (C=O) groups excluding carboxylic acids is 1. The maximum absolute atomic E-state index is 11.4. The molecule has 1 aromatic carbocycles. The van der Waals surface area contributed by atoms with Gasteiger partial charge >= 0.3 is 5.97 Å². The van der Waals surface area contributed by atoms with Gasteiger partial charge in [0.1, 0.15) is 6.04 Å². The van der Waals surface area contributed by atoms with Crippen LogP contribution in [0.4, 0.5) is 5.69 Å². The van der Waals surface area contributed by atoms with E-state index in [0.29, 0.717) is 11.1 Å². The highest BCUT2D eigenvalue weighted by atomic mass is 16.6. The summed E-state index contributed by atoms with van der Waals surface area (Å²) in [7, 11) is 0. The predicted octanol–water partition coefficient (Wildman–Crippen LogP) is 0.288. The van der Waals surface area contributed by atoms with Crippen LogP contribution in [0.2, 0.25) is 0 Å². The zero-order valence-corrected chi connectivity index (χ0v) is 11.4. The Morgan fingerprint density at radius 2 is 2.29 bits per heavy atom. The first-order valence-corrected chi connectivity index (χ1v) is 6.36. The number of hydrogen-bond donors (Lipinski definition) is 2. The number of nitrogens with one attached hydrogen (secondary N) is 1. The number of nitrogens with zero attached hydrogens (tertiary/aromatic N) is 2. The first-order valence-electron chi connectivity index (χ1n) is 6.36. The van der Waals surface area contributed by atoms with E-state index in [9.17, 15) is 24.8 Å². The standard InChI is InChI=1S/C13H15N3O5/c1-8-9(3-2-4-10(8)16(20)21)6-15-7-12(17)14-5-11(15)13(18)19/h2-4,11H,5-7H2,1H3,(H,14,17)(H,18,19). The lowest BCUT2D eigenvalue weighted by atomic mass is 10.0. The lowest BCUT2D eigenvalue weighted by Crippen LogP contribution is -2.57. The third kappa shape index (κ3) is 3.16. The van der Waals surface area contributed by atoms with Crippen LogP contribution in [-0.4, -0.2) is 45.9 Å². The van der Waals surface area contributed by atoms with Gasteiger partial charge in [0, 0.05) is 24.7 Å². The van der Waals surface area contributed by atoms with Crippen molar-refractivity contribution in [2.45, 2.75) is 19.5 Å². The average molecular weight is 293 g/mol. The number of carbonyl (C=O) groups is 2. The Balaban J connectivity index is 2.27. The molecule has 8 nitrogen and oxygen atoms in total. The molecule has 1 fully saturated rings. The van der Waals surface area contributed by atoms with Gasteiger partial charge in [0.15, 0.2) is 0 Å². The first-order chi connectivity index (χ1) is 9.90. The fourth-order valence-corrected chi connectivity index (χ4v) is 2.36. The van der Waals surface area contributed by atoms with Crippen LogP contribution in [0.3, 0.4) is 0 Å². The molecule has 1 aliphatic heterocycles. The molecule has 21 heavy (non-hydrogen) atoms. The molecule has 8 heteroatoms. The van der Waals surface area contributed by atoms with E-state index in [1.165, 1.54) is 11.0 Å². The summed E-state index contributed by atoms with van der Waals surface area (Å²) in [5, 5.41) is 22.6. The molecule has 1 amide bonds.